The summed E-state index contributed by atoms with van der Waals surface area (Å²) in [5.74, 6) is -13.6. The predicted molar refractivity (Wildman–Crippen MR) is 489 cm³/mol. The lowest BCUT2D eigenvalue weighted by atomic mass is 9.88. The van der Waals surface area contributed by atoms with Gasteiger partial charge in [0.25, 0.3) is 0 Å². The van der Waals surface area contributed by atoms with Crippen molar-refractivity contribution >= 4 is 135 Å². The summed E-state index contributed by atoms with van der Waals surface area (Å²) in [6.45, 7) is 92.1. The first-order chi connectivity index (χ1) is 70.1. The fraction of sp³-hybridized carbons (Fsp3) is 0.0377. The Hall–Kier alpha value is -23.8. The maximum Gasteiger partial charge on any atom is 0.573 e. The van der Waals surface area contributed by atoms with Crippen molar-refractivity contribution in [3.8, 4) is 84.3 Å². The fourth-order valence-corrected chi connectivity index (χ4v) is 16.7. The molecule has 0 saturated heterocycles. The van der Waals surface area contributed by atoms with Crippen molar-refractivity contribution < 1.29 is 75.3 Å². The van der Waals surface area contributed by atoms with E-state index in [1.807, 2.05) is 12.1 Å². The lowest BCUT2D eigenvalue weighted by molar-refractivity contribution is -0.277. The zero-order valence-corrected chi connectivity index (χ0v) is 72.3. The number of ether oxygens (including phenoxy) is 2. The molecule has 6 aliphatic carbocycles. The smallest absolute Gasteiger partial charge is 0.406 e. The largest absolute Gasteiger partial charge is 0.573 e. The fourth-order valence-electron chi connectivity index (χ4n) is 16.7. The second-order valence-electron chi connectivity index (χ2n) is 30.0. The number of benzene rings is 9. The van der Waals surface area contributed by atoms with E-state index in [4.69, 9.17) is 78.9 Å². The average molecular weight is 1950 g/mol. The summed E-state index contributed by atoms with van der Waals surface area (Å²) in [4.78, 5) is 38.5. The van der Waals surface area contributed by atoms with Gasteiger partial charge in [-0.25, -0.2) is 84.5 Å². The molecule has 41 heteroatoms. The Morgan fingerprint density at radius 3 is 0.878 bits per heavy atom. The first-order valence-corrected chi connectivity index (χ1v) is 39.5. The Morgan fingerprint density at radius 1 is 0.265 bits per heavy atom. The summed E-state index contributed by atoms with van der Waals surface area (Å²) >= 11 is 0. The molecular weight excluding hydrogens is 1930 g/mol. The molecule has 0 aliphatic heterocycles. The zero-order chi connectivity index (χ0) is 108. The molecule has 9 aromatic carbocycles. The minimum Gasteiger partial charge on any atom is -0.406 e. The highest BCUT2D eigenvalue weighted by Crippen LogP contribution is 2.65. The summed E-state index contributed by atoms with van der Waals surface area (Å²) in [5, 5.41) is 117. The van der Waals surface area contributed by atoms with Gasteiger partial charge in [0.05, 0.1) is 188 Å². The SMILES string of the molecule is [C-]#[N+]C1=C(C)/C(=C(/C#N)c2cc([N+]#[C-])cc([N+]#[C-])c2)c2cc3c(cc21)/C(=C(\[N+]#[C-])c1cc(C#N)cc(C#N)c1)C(C(F)(F)F)=C3C#N.[C-]#[N+]C1=C(F)/C(=C(/C#N)c2cc([N+]#[C-])cc([N+]#[C-])c2)c2c(F)c3c(c(F)c21)/C(=C(\[N+]#[C-])c1cc(C#N)cc(C#N)c1)C(F)=C3C#N.[C-]#[N+]C1=C(F)/C(=C(/C#N)c2cc([N+]#[C-])cc([N+]#[C-])c2)c2c(OC(F)(F)F)c3c(c(OC(F)(F)F)c21)/C(=C(\[N+]#[C-])c1cc(C#N)cc(C#N)c1)C(F)=C3C#N. The van der Waals surface area contributed by atoms with Crippen molar-refractivity contribution in [2.75, 3.05) is 0 Å². The van der Waals surface area contributed by atoms with E-state index in [0.717, 1.165) is 60.7 Å². The maximum atomic E-state index is 16.6. The van der Waals surface area contributed by atoms with Gasteiger partial charge in [-0.2, -0.15) is 76.3 Å². The zero-order valence-electron chi connectivity index (χ0n) is 72.3. The molecule has 0 spiro atoms. The van der Waals surface area contributed by atoms with Crippen LogP contribution in [0.3, 0.4) is 0 Å². The molecule has 0 aromatic heterocycles. The summed E-state index contributed by atoms with van der Waals surface area (Å²) in [6, 6.07) is 42.5. The quantitative estimate of drug-likeness (QED) is 0.0775. The molecule has 0 fully saturated rings. The van der Waals surface area contributed by atoms with Crippen LogP contribution in [-0.4, -0.2) is 18.9 Å². The Kier molecular flexibility index (Phi) is 26.8. The molecule has 0 bridgehead atoms. The van der Waals surface area contributed by atoms with E-state index in [-0.39, 0.29) is 129 Å². The molecule has 0 radical (unpaired) electrons. The molecule has 0 heterocycles. The Labute approximate surface area is 817 Å². The third-order valence-electron chi connectivity index (χ3n) is 22.2. The minimum atomic E-state index is -5.86. The van der Waals surface area contributed by atoms with Gasteiger partial charge in [0.2, 0.25) is 28.5 Å². The molecule has 0 amide bonds. The second kappa shape index (κ2) is 39.1. The molecule has 0 saturated carbocycles. The van der Waals surface area contributed by atoms with Gasteiger partial charge in [-0.05, 0) is 134 Å². The molecular formula is C106H23F15N24O2. The van der Waals surface area contributed by atoms with Crippen molar-refractivity contribution in [2.24, 2.45) is 0 Å². The number of rotatable bonds is 8. The topological polar surface area (TPSA) is 356 Å². The number of hydrogen-bond donors (Lipinski definition) is 0. The van der Waals surface area contributed by atoms with Crippen molar-refractivity contribution in [1.82, 2.24) is 0 Å². The van der Waals surface area contributed by atoms with E-state index in [1.54, 1.807) is 43.3 Å². The summed E-state index contributed by atoms with van der Waals surface area (Å²) in [5.41, 5.74) is -29.3. The number of hydrogen-bond acceptors (Lipinski definition) is 14. The van der Waals surface area contributed by atoms with Gasteiger partial charge in [-0.3, -0.25) is 0 Å². The lowest BCUT2D eigenvalue weighted by Crippen LogP contribution is -2.22. The lowest BCUT2D eigenvalue weighted by Gasteiger charge is -2.24. The number of nitrogens with zero attached hydrogens (tertiary/aromatic N) is 24. The standard InChI is InChI=1S/C36H6F8N8O2.C36H11F3N8.C34H6F4N8/c1-49-19-8-17(9-20(10-19)50-2)21(13-47)23-25-28(32(52-4)30(23)38)34(54-36(42,43)44)26-24(33(25)53-35(39,40)41)22(14-48)29(37)27(26)31(51-3)18-6-15(11-45)5-16(7-18)12-46;1-18-31(29(16-42)21-9-23(44-2)11-24(10-21)45-3)27-12-25-26(13-28(27)34(18)46-4)32(33(30(25)17-43)36(37,38)39)35(47-5)22-7-19(14-40)6-20(8-22)15-41;1-43-19-8-17(9-20(10-19)44-2)21(13-41)23-25-28(34(46-4)32(23)38)31(37)26-24(30(25)36)22(14-42)29(35)27(26)33(45-3)18-6-15(11-39)5-16(7-18)12-40/h5-10H;6-13H,1H3;5-10H/b23-21-,31-27+;31-29+,35-32+;23-21-,33-27+. The van der Waals surface area contributed by atoms with E-state index >= 15 is 26.3 Å². The summed E-state index contributed by atoms with van der Waals surface area (Å²) < 4.78 is 237. The first kappa shape index (κ1) is 101. The van der Waals surface area contributed by atoms with Gasteiger partial charge in [0.15, 0.2) is 39.8 Å². The van der Waals surface area contributed by atoms with E-state index in [9.17, 15) is 103 Å². The van der Waals surface area contributed by atoms with Crippen LogP contribution < -0.4 is 9.47 Å². The van der Waals surface area contributed by atoms with Crippen molar-refractivity contribution in [3.05, 3.63) is 438 Å². The van der Waals surface area contributed by atoms with Crippen LogP contribution in [0.5, 0.6) is 11.5 Å². The minimum absolute atomic E-state index is 0.0122. The Morgan fingerprint density at radius 2 is 0.558 bits per heavy atom. The highest BCUT2D eigenvalue weighted by molar-refractivity contribution is 6.24. The number of allylic oxidation sites excluding steroid dienone is 18. The number of alkyl halides is 9. The van der Waals surface area contributed by atoms with Crippen molar-refractivity contribution in [1.29, 1.82) is 63.1 Å². The number of halogens is 15. The van der Waals surface area contributed by atoms with Crippen LogP contribution in [0.1, 0.15) is 140 Å². The first-order valence-electron chi connectivity index (χ1n) is 39.5. The highest BCUT2D eigenvalue weighted by atomic mass is 19.4. The molecule has 15 rings (SSSR count). The van der Waals surface area contributed by atoms with Crippen molar-refractivity contribution in [3.63, 3.8) is 0 Å². The average Bonchev–Trinajstić information content (AvgIpc) is 1.52. The van der Waals surface area contributed by atoms with Gasteiger partial charge in [0, 0.05) is 72.4 Å². The Bertz CT molecular complexity index is 8890. The third-order valence-corrected chi connectivity index (χ3v) is 22.2. The van der Waals surface area contributed by atoms with Crippen LogP contribution in [-0.2, 0) is 0 Å². The maximum absolute atomic E-state index is 16.6. The van der Waals surface area contributed by atoms with E-state index < -0.39 is 211 Å². The number of nitriles is 12. The molecule has 9 aromatic rings. The van der Waals surface area contributed by atoms with E-state index in [0.29, 0.717) is 5.57 Å². The van der Waals surface area contributed by atoms with Gasteiger partial charge in [-0.1, -0.05) is 60.7 Å². The third kappa shape index (κ3) is 17.2. The molecule has 0 unspecified atom stereocenters. The van der Waals surface area contributed by atoms with Gasteiger partial charge < -0.3 is 9.47 Å². The van der Waals surface area contributed by atoms with E-state index in [2.05, 4.69) is 73.7 Å². The van der Waals surface area contributed by atoms with Gasteiger partial charge >= 0.3 is 18.9 Å². The molecule has 147 heavy (non-hydrogen) atoms. The predicted octanol–water partition coefficient (Wildman–Crippen LogP) is 28.4. The van der Waals surface area contributed by atoms with Crippen LogP contribution in [0.4, 0.5) is 100.0 Å². The van der Waals surface area contributed by atoms with Crippen LogP contribution in [0.2, 0.25) is 0 Å². The van der Waals surface area contributed by atoms with Gasteiger partial charge in [0.1, 0.15) is 82.9 Å². The highest BCUT2D eigenvalue weighted by Gasteiger charge is 2.52. The Balaban J connectivity index is 0.000000185. The van der Waals surface area contributed by atoms with Crippen molar-refractivity contribution in [2.45, 2.75) is 25.8 Å². The van der Waals surface area contributed by atoms with Crippen LogP contribution >= 0.6 is 0 Å². The second-order valence-corrected chi connectivity index (χ2v) is 30.0. The molecule has 0 atom stereocenters. The van der Waals surface area contributed by atoms with Crippen LogP contribution in [0, 0.1) is 226 Å². The van der Waals surface area contributed by atoms with Crippen LogP contribution in [0.25, 0.3) is 159 Å². The molecule has 26 nitrogen and oxygen atoms in total. The summed E-state index contributed by atoms with van der Waals surface area (Å²) in [6.07, 6.45) is -16.9. The molecule has 0 N–H and O–H groups in total. The monoisotopic (exact) mass is 1950 g/mol. The molecule has 684 valence electrons. The summed E-state index contributed by atoms with van der Waals surface area (Å²) in [7, 11) is 0. The number of fused-ring (bicyclic) bond motifs is 6. The van der Waals surface area contributed by atoms with Crippen LogP contribution in [0.15, 0.2) is 156 Å². The van der Waals surface area contributed by atoms with Gasteiger partial charge in [-0.15, -0.1) is 26.3 Å². The molecule has 6 aliphatic rings. The van der Waals surface area contributed by atoms with E-state index in [1.165, 1.54) is 78.9 Å². The normalized spacial score (nSPS) is 14.8.